The summed E-state index contributed by atoms with van der Waals surface area (Å²) in [5.41, 5.74) is 0.798. The molecule has 1 amide bonds. The first-order valence-electron chi connectivity index (χ1n) is 8.60. The Balaban J connectivity index is 2.08. The zero-order chi connectivity index (χ0) is 17.7. The Bertz CT molecular complexity index is 554. The Morgan fingerprint density at radius 1 is 1.42 bits per heavy atom. The van der Waals surface area contributed by atoms with Crippen molar-refractivity contribution in [1.29, 1.82) is 0 Å². The van der Waals surface area contributed by atoms with Crippen molar-refractivity contribution in [2.24, 2.45) is 5.92 Å². The molecule has 24 heavy (non-hydrogen) atoms. The van der Waals surface area contributed by atoms with Gasteiger partial charge < -0.3 is 19.7 Å². The SMILES string of the molecule is CNCC(c1cccc(OC)c1)C1CCN(C(=O)OC(C)(C)C)C1. The van der Waals surface area contributed by atoms with Crippen molar-refractivity contribution in [3.05, 3.63) is 29.8 Å². The van der Waals surface area contributed by atoms with Gasteiger partial charge >= 0.3 is 6.09 Å². The molecule has 1 saturated heterocycles. The number of benzene rings is 1. The van der Waals surface area contributed by atoms with Crippen LogP contribution < -0.4 is 10.1 Å². The lowest BCUT2D eigenvalue weighted by atomic mass is 9.85. The van der Waals surface area contributed by atoms with Crippen LogP contribution in [0.5, 0.6) is 5.75 Å². The quantitative estimate of drug-likeness (QED) is 0.898. The standard InChI is InChI=1S/C19H30N2O3/c1-19(2,3)24-18(22)21-10-9-15(13-21)17(12-20-4)14-7-6-8-16(11-14)23-5/h6-8,11,15,17,20H,9-10,12-13H2,1-5H3. The average Bonchev–Trinajstić information content (AvgIpc) is 3.01. The predicted octanol–water partition coefficient (Wildman–Crippen LogP) is 3.26. The maximum Gasteiger partial charge on any atom is 0.410 e. The van der Waals surface area contributed by atoms with Gasteiger partial charge in [-0.2, -0.15) is 0 Å². The van der Waals surface area contributed by atoms with Crippen molar-refractivity contribution in [2.45, 2.75) is 38.7 Å². The molecule has 1 heterocycles. The van der Waals surface area contributed by atoms with Gasteiger partial charge in [0.1, 0.15) is 11.4 Å². The minimum Gasteiger partial charge on any atom is -0.497 e. The number of carbonyl (C=O) groups excluding carboxylic acids is 1. The molecular formula is C19H30N2O3. The number of likely N-dealkylation sites (N-methyl/N-ethyl adjacent to an activating group) is 1. The number of methoxy groups -OCH3 is 1. The van der Waals surface area contributed by atoms with Gasteiger partial charge in [-0.1, -0.05) is 12.1 Å². The van der Waals surface area contributed by atoms with Gasteiger partial charge in [0, 0.05) is 25.6 Å². The topological polar surface area (TPSA) is 50.8 Å². The van der Waals surface area contributed by atoms with E-state index >= 15 is 0 Å². The Kier molecular flexibility index (Phi) is 6.10. The van der Waals surface area contributed by atoms with Crippen LogP contribution in [0.25, 0.3) is 0 Å². The molecule has 0 saturated carbocycles. The van der Waals surface area contributed by atoms with Gasteiger partial charge in [0.25, 0.3) is 0 Å². The Morgan fingerprint density at radius 2 is 2.17 bits per heavy atom. The van der Waals surface area contributed by atoms with E-state index in [1.54, 1.807) is 7.11 Å². The largest absolute Gasteiger partial charge is 0.497 e. The van der Waals surface area contributed by atoms with E-state index in [2.05, 4.69) is 17.4 Å². The molecule has 1 aromatic rings. The number of hydrogen-bond acceptors (Lipinski definition) is 4. The molecule has 1 aromatic carbocycles. The first-order chi connectivity index (χ1) is 11.3. The van der Waals surface area contributed by atoms with Gasteiger partial charge in [-0.25, -0.2) is 4.79 Å². The van der Waals surface area contributed by atoms with E-state index in [9.17, 15) is 4.79 Å². The molecule has 1 N–H and O–H groups in total. The molecule has 0 spiro atoms. The summed E-state index contributed by atoms with van der Waals surface area (Å²) in [6.45, 7) is 8.07. The Morgan fingerprint density at radius 3 is 2.79 bits per heavy atom. The van der Waals surface area contributed by atoms with E-state index < -0.39 is 5.60 Å². The van der Waals surface area contributed by atoms with Crippen LogP contribution >= 0.6 is 0 Å². The summed E-state index contributed by atoms with van der Waals surface area (Å²) in [6, 6.07) is 8.22. The highest BCUT2D eigenvalue weighted by atomic mass is 16.6. The molecular weight excluding hydrogens is 304 g/mol. The molecule has 5 nitrogen and oxygen atoms in total. The summed E-state index contributed by atoms with van der Waals surface area (Å²) in [6.07, 6.45) is 0.779. The van der Waals surface area contributed by atoms with Crippen LogP contribution in [0.1, 0.15) is 38.7 Å². The second-order valence-corrected chi connectivity index (χ2v) is 7.42. The van der Waals surface area contributed by atoms with Crippen molar-refractivity contribution in [2.75, 3.05) is 33.8 Å². The summed E-state index contributed by atoms with van der Waals surface area (Å²) < 4.78 is 10.9. The number of hydrogen-bond donors (Lipinski definition) is 1. The summed E-state index contributed by atoms with van der Waals surface area (Å²) >= 11 is 0. The second kappa shape index (κ2) is 7.88. The normalized spacial score (nSPS) is 19.2. The van der Waals surface area contributed by atoms with Crippen LogP contribution in [0.3, 0.4) is 0 Å². The smallest absolute Gasteiger partial charge is 0.410 e. The second-order valence-electron chi connectivity index (χ2n) is 7.42. The summed E-state index contributed by atoms with van der Waals surface area (Å²) in [5.74, 6) is 1.63. The molecule has 134 valence electrons. The molecule has 0 bridgehead atoms. The van der Waals surface area contributed by atoms with Crippen molar-refractivity contribution >= 4 is 6.09 Å². The summed E-state index contributed by atoms with van der Waals surface area (Å²) in [4.78, 5) is 14.1. The number of likely N-dealkylation sites (tertiary alicyclic amines) is 1. The highest BCUT2D eigenvalue weighted by molar-refractivity contribution is 5.68. The van der Waals surface area contributed by atoms with E-state index in [-0.39, 0.29) is 6.09 Å². The number of ether oxygens (including phenoxy) is 2. The molecule has 2 rings (SSSR count). The zero-order valence-corrected chi connectivity index (χ0v) is 15.5. The molecule has 1 fully saturated rings. The van der Waals surface area contributed by atoms with Crippen LogP contribution in [0.15, 0.2) is 24.3 Å². The lowest BCUT2D eigenvalue weighted by molar-refractivity contribution is 0.0286. The van der Waals surface area contributed by atoms with Gasteiger partial charge in [-0.05, 0) is 57.9 Å². The third-order valence-electron chi connectivity index (χ3n) is 4.39. The maximum atomic E-state index is 12.3. The minimum absolute atomic E-state index is 0.209. The fourth-order valence-electron chi connectivity index (χ4n) is 3.26. The van der Waals surface area contributed by atoms with Crippen molar-refractivity contribution < 1.29 is 14.3 Å². The monoisotopic (exact) mass is 334 g/mol. The first-order valence-corrected chi connectivity index (χ1v) is 8.60. The number of amides is 1. The Labute approximate surface area is 145 Å². The number of carbonyl (C=O) groups is 1. The van der Waals surface area contributed by atoms with E-state index in [1.807, 2.05) is 44.9 Å². The van der Waals surface area contributed by atoms with Crippen LogP contribution in [0, 0.1) is 5.92 Å². The molecule has 5 heteroatoms. The zero-order valence-electron chi connectivity index (χ0n) is 15.5. The lowest BCUT2D eigenvalue weighted by Crippen LogP contribution is -2.36. The molecule has 0 radical (unpaired) electrons. The number of rotatable bonds is 5. The van der Waals surface area contributed by atoms with E-state index in [1.165, 1.54) is 5.56 Å². The number of nitrogens with one attached hydrogen (secondary N) is 1. The highest BCUT2D eigenvalue weighted by Gasteiger charge is 2.34. The molecule has 1 aliphatic rings. The van der Waals surface area contributed by atoms with Crippen LogP contribution in [-0.4, -0.2) is 50.4 Å². The molecule has 0 aromatic heterocycles. The van der Waals surface area contributed by atoms with Gasteiger partial charge in [0.2, 0.25) is 0 Å². The molecule has 1 aliphatic heterocycles. The minimum atomic E-state index is -0.452. The highest BCUT2D eigenvalue weighted by Crippen LogP contribution is 2.33. The third-order valence-corrected chi connectivity index (χ3v) is 4.39. The molecule has 2 unspecified atom stereocenters. The van der Waals surface area contributed by atoms with Gasteiger partial charge in [-0.3, -0.25) is 0 Å². The van der Waals surface area contributed by atoms with Crippen molar-refractivity contribution in [1.82, 2.24) is 10.2 Å². The van der Waals surface area contributed by atoms with E-state index in [0.717, 1.165) is 31.8 Å². The predicted molar refractivity (Wildman–Crippen MR) is 95.6 cm³/mol. The van der Waals surface area contributed by atoms with Gasteiger partial charge in [-0.15, -0.1) is 0 Å². The van der Waals surface area contributed by atoms with E-state index in [0.29, 0.717) is 11.8 Å². The fraction of sp³-hybridized carbons (Fsp3) is 0.632. The summed E-state index contributed by atoms with van der Waals surface area (Å²) in [5, 5.41) is 3.29. The van der Waals surface area contributed by atoms with Gasteiger partial charge in [0.05, 0.1) is 7.11 Å². The van der Waals surface area contributed by atoms with Gasteiger partial charge in [0.15, 0.2) is 0 Å². The van der Waals surface area contributed by atoms with E-state index in [4.69, 9.17) is 9.47 Å². The van der Waals surface area contributed by atoms with Crippen LogP contribution in [-0.2, 0) is 4.74 Å². The third kappa shape index (κ3) is 4.87. The lowest BCUT2D eigenvalue weighted by Gasteiger charge is -2.26. The van der Waals surface area contributed by atoms with Crippen LogP contribution in [0.2, 0.25) is 0 Å². The fourth-order valence-corrected chi connectivity index (χ4v) is 3.26. The first kappa shape index (κ1) is 18.6. The Hall–Kier alpha value is -1.75. The molecule has 2 atom stereocenters. The van der Waals surface area contributed by atoms with Crippen molar-refractivity contribution in [3.8, 4) is 5.75 Å². The number of nitrogens with zero attached hydrogens (tertiary/aromatic N) is 1. The maximum absolute atomic E-state index is 12.3. The van der Waals surface area contributed by atoms with Crippen LogP contribution in [0.4, 0.5) is 4.79 Å². The molecule has 0 aliphatic carbocycles. The average molecular weight is 334 g/mol. The summed E-state index contributed by atoms with van der Waals surface area (Å²) in [7, 11) is 3.65. The van der Waals surface area contributed by atoms with Crippen molar-refractivity contribution in [3.63, 3.8) is 0 Å².